The molecule has 0 atom stereocenters. The molecular weight excluding hydrogens is 268 g/mol. The molecule has 1 rings (SSSR count). The van der Waals surface area contributed by atoms with Crippen LogP contribution in [0.15, 0.2) is 36.4 Å². The van der Waals surface area contributed by atoms with Crippen molar-refractivity contribution in [3.63, 3.8) is 0 Å². The van der Waals surface area contributed by atoms with Gasteiger partial charge in [-0.2, -0.15) is 5.48 Å². The molecule has 116 valence electrons. The molecule has 0 unspecified atom stereocenters. The molecule has 3 N–H and O–H groups in total. The van der Waals surface area contributed by atoms with Crippen molar-refractivity contribution in [2.75, 3.05) is 13.2 Å². The number of unbranched alkanes of at least 4 members (excludes halogenated alkanes) is 1. The molecule has 5 heteroatoms. The Labute approximate surface area is 126 Å². The van der Waals surface area contributed by atoms with Gasteiger partial charge in [-0.3, -0.25) is 0 Å². The smallest absolute Gasteiger partial charge is 0.333 e. The molecule has 5 nitrogen and oxygen atoms in total. The van der Waals surface area contributed by atoms with Gasteiger partial charge in [-0.05, 0) is 30.9 Å². The first kappa shape index (κ1) is 17.4. The second-order valence-corrected chi connectivity index (χ2v) is 4.82. The number of carbonyl (C=O) groups is 1. The molecule has 0 aliphatic carbocycles. The van der Waals surface area contributed by atoms with Crippen LogP contribution in [0.2, 0.25) is 0 Å². The first-order valence-corrected chi connectivity index (χ1v) is 7.08. The number of nitrogens with one attached hydrogen (secondary N) is 1. The summed E-state index contributed by atoms with van der Waals surface area (Å²) in [6.45, 7) is 7.30. The molecule has 1 aromatic carbocycles. The Morgan fingerprint density at radius 2 is 2.00 bits per heavy atom. The quantitative estimate of drug-likeness (QED) is 0.299. The van der Waals surface area contributed by atoms with Gasteiger partial charge in [-0.15, -0.1) is 0 Å². The summed E-state index contributed by atoms with van der Waals surface area (Å²) in [5, 5.41) is 0. The maximum Gasteiger partial charge on any atom is 0.333 e. The normalized spacial score (nSPS) is 10.4. The van der Waals surface area contributed by atoms with Crippen molar-refractivity contribution in [1.29, 1.82) is 0 Å². The Kier molecular flexibility index (Phi) is 8.35. The van der Waals surface area contributed by atoms with Gasteiger partial charge in [-0.1, -0.05) is 30.8 Å². The molecule has 21 heavy (non-hydrogen) atoms. The molecular formula is C16H24N2O3. The number of esters is 1. The van der Waals surface area contributed by atoms with E-state index in [4.69, 9.17) is 15.3 Å². The van der Waals surface area contributed by atoms with Gasteiger partial charge >= 0.3 is 5.97 Å². The number of hydrogen-bond acceptors (Lipinski definition) is 5. The molecule has 0 saturated heterocycles. The van der Waals surface area contributed by atoms with Gasteiger partial charge < -0.3 is 15.3 Å². The van der Waals surface area contributed by atoms with E-state index >= 15 is 0 Å². The van der Waals surface area contributed by atoms with E-state index in [9.17, 15) is 4.79 Å². The lowest BCUT2D eigenvalue weighted by molar-refractivity contribution is -0.139. The zero-order valence-corrected chi connectivity index (χ0v) is 12.6. The lowest BCUT2D eigenvalue weighted by Gasteiger charge is -2.07. The fourth-order valence-electron chi connectivity index (χ4n) is 1.64. The van der Waals surface area contributed by atoms with E-state index < -0.39 is 0 Å². The maximum atomic E-state index is 11.1. The van der Waals surface area contributed by atoms with Crippen molar-refractivity contribution in [3.05, 3.63) is 47.5 Å². The van der Waals surface area contributed by atoms with Crippen LogP contribution in [0.5, 0.6) is 0 Å². The van der Waals surface area contributed by atoms with Gasteiger partial charge in [-0.25, -0.2) is 4.79 Å². The van der Waals surface area contributed by atoms with Crippen molar-refractivity contribution < 1.29 is 14.4 Å². The molecule has 0 fully saturated rings. The predicted octanol–water partition coefficient (Wildman–Crippen LogP) is 2.07. The largest absolute Gasteiger partial charge is 0.462 e. The number of benzene rings is 1. The van der Waals surface area contributed by atoms with Gasteiger partial charge in [0.25, 0.3) is 0 Å². The summed E-state index contributed by atoms with van der Waals surface area (Å²) < 4.78 is 4.98. The van der Waals surface area contributed by atoms with Crippen molar-refractivity contribution in [2.45, 2.75) is 32.9 Å². The Hall–Kier alpha value is -1.69. The van der Waals surface area contributed by atoms with Crippen molar-refractivity contribution >= 4 is 5.97 Å². The van der Waals surface area contributed by atoms with Crippen LogP contribution in [0.1, 0.15) is 30.9 Å². The van der Waals surface area contributed by atoms with Crippen LogP contribution in [0.3, 0.4) is 0 Å². The Bertz CT molecular complexity index is 461. The molecule has 0 amide bonds. The van der Waals surface area contributed by atoms with Crippen LogP contribution in [0, 0.1) is 0 Å². The summed E-state index contributed by atoms with van der Waals surface area (Å²) in [5.41, 5.74) is 11.2. The highest BCUT2D eigenvalue weighted by Crippen LogP contribution is 2.04. The van der Waals surface area contributed by atoms with Crippen molar-refractivity contribution in [3.8, 4) is 0 Å². The van der Waals surface area contributed by atoms with Gasteiger partial charge in [0, 0.05) is 18.7 Å². The van der Waals surface area contributed by atoms with E-state index in [0.717, 1.165) is 24.0 Å². The number of nitrogens with two attached hydrogens (primary N) is 1. The minimum absolute atomic E-state index is 0.339. The van der Waals surface area contributed by atoms with E-state index in [1.54, 1.807) is 6.92 Å². The maximum absolute atomic E-state index is 11.1. The summed E-state index contributed by atoms with van der Waals surface area (Å²) in [4.78, 5) is 16.4. The number of hydrogen-bond donors (Lipinski definition) is 2. The third-order valence-electron chi connectivity index (χ3n) is 2.83. The fraction of sp³-hybridized carbons (Fsp3) is 0.438. The van der Waals surface area contributed by atoms with Gasteiger partial charge in [0.15, 0.2) is 0 Å². The van der Waals surface area contributed by atoms with Crippen LogP contribution in [-0.2, 0) is 27.5 Å². The third kappa shape index (κ3) is 7.60. The van der Waals surface area contributed by atoms with Crippen molar-refractivity contribution in [1.82, 2.24) is 5.48 Å². The van der Waals surface area contributed by atoms with Crippen LogP contribution in [0.25, 0.3) is 0 Å². The molecule has 0 saturated carbocycles. The van der Waals surface area contributed by atoms with Crippen LogP contribution < -0.4 is 11.2 Å². The van der Waals surface area contributed by atoms with Gasteiger partial charge in [0.2, 0.25) is 0 Å². The number of ether oxygens (including phenoxy) is 1. The van der Waals surface area contributed by atoms with Crippen LogP contribution >= 0.6 is 0 Å². The summed E-state index contributed by atoms with van der Waals surface area (Å²) >= 11 is 0. The Morgan fingerprint density at radius 3 is 2.71 bits per heavy atom. The zero-order valence-electron chi connectivity index (χ0n) is 12.6. The number of rotatable bonds is 10. The predicted molar refractivity (Wildman–Crippen MR) is 82.1 cm³/mol. The monoisotopic (exact) mass is 292 g/mol. The molecule has 0 bridgehead atoms. The number of carbonyl (C=O) groups excluding carboxylic acids is 1. The van der Waals surface area contributed by atoms with E-state index in [2.05, 4.69) is 12.1 Å². The van der Waals surface area contributed by atoms with Crippen molar-refractivity contribution in [2.24, 2.45) is 5.73 Å². The molecule has 0 spiro atoms. The topological polar surface area (TPSA) is 73.6 Å². The summed E-state index contributed by atoms with van der Waals surface area (Å²) in [5.74, 6) is -0.339. The molecule has 0 aliphatic rings. The summed E-state index contributed by atoms with van der Waals surface area (Å²) in [6.07, 6.45) is 1.59. The van der Waals surface area contributed by atoms with Gasteiger partial charge in [0.1, 0.15) is 0 Å². The minimum Gasteiger partial charge on any atom is -0.462 e. The molecule has 0 aromatic heterocycles. The second kappa shape index (κ2) is 10.1. The zero-order chi connectivity index (χ0) is 15.5. The number of hydroxylamine groups is 1. The first-order chi connectivity index (χ1) is 10.1. The molecule has 1 aromatic rings. The average molecular weight is 292 g/mol. The average Bonchev–Trinajstić information content (AvgIpc) is 2.49. The van der Waals surface area contributed by atoms with E-state index in [1.807, 2.05) is 24.3 Å². The Morgan fingerprint density at radius 1 is 1.29 bits per heavy atom. The fourth-order valence-corrected chi connectivity index (χ4v) is 1.64. The first-order valence-electron chi connectivity index (χ1n) is 7.08. The van der Waals surface area contributed by atoms with Gasteiger partial charge in [0.05, 0.1) is 13.2 Å². The highest BCUT2D eigenvalue weighted by atomic mass is 16.6. The van der Waals surface area contributed by atoms with E-state index in [0.29, 0.717) is 31.9 Å². The van der Waals surface area contributed by atoms with E-state index in [1.165, 1.54) is 0 Å². The lowest BCUT2D eigenvalue weighted by atomic mass is 10.1. The molecule has 0 heterocycles. The minimum atomic E-state index is -0.339. The SMILES string of the molecule is C=C(C)C(=O)OCCCCONCc1cccc(CN)c1. The summed E-state index contributed by atoms with van der Waals surface area (Å²) in [7, 11) is 0. The van der Waals surface area contributed by atoms with Crippen LogP contribution in [0.4, 0.5) is 0 Å². The second-order valence-electron chi connectivity index (χ2n) is 4.82. The lowest BCUT2D eigenvalue weighted by Crippen LogP contribution is -2.15. The third-order valence-corrected chi connectivity index (χ3v) is 2.83. The van der Waals surface area contributed by atoms with Crippen LogP contribution in [-0.4, -0.2) is 19.2 Å². The van der Waals surface area contributed by atoms with E-state index in [-0.39, 0.29) is 5.97 Å². The highest BCUT2D eigenvalue weighted by Gasteiger charge is 2.01. The molecule has 0 aliphatic heterocycles. The summed E-state index contributed by atoms with van der Waals surface area (Å²) in [6, 6.07) is 8.05. The standard InChI is InChI=1S/C16H24N2O3/c1-13(2)16(19)20-8-3-4-9-21-18-12-15-7-5-6-14(10-15)11-17/h5-7,10,18H,1,3-4,8-9,11-12,17H2,2H3. The molecule has 0 radical (unpaired) electrons. The Balaban J connectivity index is 2.02. The highest BCUT2D eigenvalue weighted by molar-refractivity contribution is 5.86.